The molecule has 2 N–H and O–H groups in total. The lowest BCUT2D eigenvalue weighted by Gasteiger charge is -2.20. The van der Waals surface area contributed by atoms with E-state index in [-0.39, 0.29) is 58.3 Å². The van der Waals surface area contributed by atoms with Crippen LogP contribution < -0.4 is 29.0 Å². The summed E-state index contributed by atoms with van der Waals surface area (Å²) in [5, 5.41) is 2.71. The van der Waals surface area contributed by atoms with Crippen LogP contribution in [0.15, 0.2) is 102 Å². The molecule has 49 heavy (non-hydrogen) atoms. The lowest BCUT2D eigenvalue weighted by Crippen LogP contribution is -2.18. The zero-order chi connectivity index (χ0) is 35.0. The van der Waals surface area contributed by atoms with Gasteiger partial charge in [-0.05, 0) is 71.6 Å². The van der Waals surface area contributed by atoms with Crippen LogP contribution in [0.4, 0.5) is 11.6 Å². The molecule has 5 rings (SSSR count). The largest absolute Gasteiger partial charge is 0.497 e. The first-order valence-electron chi connectivity index (χ1n) is 15.3. The highest BCUT2D eigenvalue weighted by Gasteiger charge is 2.26. The zero-order valence-electron chi connectivity index (χ0n) is 27.8. The van der Waals surface area contributed by atoms with Gasteiger partial charge in [-0.25, -0.2) is 18.4 Å². The first kappa shape index (κ1) is 34.6. The number of hydrogen-bond donors (Lipinski definition) is 2. The number of rotatable bonds is 13. The van der Waals surface area contributed by atoms with Crippen molar-refractivity contribution in [3.8, 4) is 40.3 Å². The van der Waals surface area contributed by atoms with E-state index >= 15 is 0 Å². The number of para-hydroxylation sites is 2. The molecule has 1 amide bonds. The van der Waals surface area contributed by atoms with Crippen molar-refractivity contribution in [3.05, 3.63) is 103 Å². The standard InChI is InChI=1S/C36H37N5O7S/c1-36(2,3)25-15-19-27(20-16-25)49(43,44)41-34-32(48-29-11-7-6-10-28(29)46-5)35(40-33(39-34)24-13-17-26(45-4)18-14-24)47-23-21-31(42)38-30-12-8-9-22-37-30/h6-20,22H,21,23H2,1-5H3,(H,37,38,42)(H,39,40,41). The third-order valence-corrected chi connectivity index (χ3v) is 8.58. The van der Waals surface area contributed by atoms with Gasteiger partial charge in [0.15, 0.2) is 23.1 Å². The summed E-state index contributed by atoms with van der Waals surface area (Å²) < 4.78 is 53.3. The second kappa shape index (κ2) is 15.0. The second-order valence-corrected chi connectivity index (χ2v) is 13.4. The quantitative estimate of drug-likeness (QED) is 0.135. The minimum Gasteiger partial charge on any atom is -0.497 e. The summed E-state index contributed by atoms with van der Waals surface area (Å²) in [4.78, 5) is 26.0. The van der Waals surface area contributed by atoms with Crippen molar-refractivity contribution >= 4 is 27.6 Å². The Morgan fingerprint density at radius 2 is 1.51 bits per heavy atom. The van der Waals surface area contributed by atoms with E-state index in [1.807, 2.05) is 20.8 Å². The van der Waals surface area contributed by atoms with Crippen molar-refractivity contribution in [2.75, 3.05) is 30.9 Å². The Morgan fingerprint density at radius 1 is 0.816 bits per heavy atom. The van der Waals surface area contributed by atoms with Gasteiger partial charge in [0.05, 0.1) is 32.1 Å². The molecule has 0 saturated carbocycles. The predicted molar refractivity (Wildman–Crippen MR) is 186 cm³/mol. The van der Waals surface area contributed by atoms with E-state index in [2.05, 4.69) is 25.0 Å². The van der Waals surface area contributed by atoms with Gasteiger partial charge in [-0.3, -0.25) is 9.52 Å². The van der Waals surface area contributed by atoms with E-state index in [1.54, 1.807) is 92.2 Å². The van der Waals surface area contributed by atoms with Crippen LogP contribution in [-0.2, 0) is 20.2 Å². The summed E-state index contributed by atoms with van der Waals surface area (Å²) in [5.41, 5.74) is 1.34. The van der Waals surface area contributed by atoms with Gasteiger partial charge >= 0.3 is 0 Å². The number of pyridine rings is 1. The molecule has 0 atom stereocenters. The number of methoxy groups -OCH3 is 2. The van der Waals surface area contributed by atoms with Gasteiger partial charge < -0.3 is 24.3 Å². The molecule has 0 spiro atoms. The number of aromatic nitrogens is 3. The number of anilines is 2. The molecule has 5 aromatic rings. The molecule has 13 heteroatoms. The van der Waals surface area contributed by atoms with Crippen LogP contribution in [0.2, 0.25) is 0 Å². The van der Waals surface area contributed by atoms with Gasteiger partial charge in [0, 0.05) is 11.8 Å². The molecule has 0 aliphatic carbocycles. The highest BCUT2D eigenvalue weighted by Crippen LogP contribution is 2.42. The number of ether oxygens (including phenoxy) is 4. The molecular weight excluding hydrogens is 646 g/mol. The summed E-state index contributed by atoms with van der Waals surface area (Å²) in [6.45, 7) is 5.99. The Balaban J connectivity index is 1.57. The summed E-state index contributed by atoms with van der Waals surface area (Å²) in [6, 6.07) is 25.5. The van der Waals surface area contributed by atoms with Gasteiger partial charge in [0.25, 0.3) is 15.9 Å². The topological polar surface area (TPSA) is 151 Å². The molecule has 12 nitrogen and oxygen atoms in total. The SMILES string of the molecule is COc1ccc(-c2nc(NS(=O)(=O)c3ccc(C(C)(C)C)cc3)c(Oc3ccccc3OC)c(OCCC(=O)Nc3ccccn3)n2)cc1. The summed E-state index contributed by atoms with van der Waals surface area (Å²) in [5.74, 6) is 0.948. The van der Waals surface area contributed by atoms with Crippen molar-refractivity contribution in [3.63, 3.8) is 0 Å². The first-order chi connectivity index (χ1) is 23.5. The number of benzene rings is 3. The van der Waals surface area contributed by atoms with Crippen molar-refractivity contribution in [2.45, 2.75) is 37.5 Å². The van der Waals surface area contributed by atoms with E-state index in [1.165, 1.54) is 19.2 Å². The van der Waals surface area contributed by atoms with E-state index in [4.69, 9.17) is 18.9 Å². The van der Waals surface area contributed by atoms with Gasteiger partial charge in [-0.1, -0.05) is 51.1 Å². The number of carbonyl (C=O) groups is 1. The van der Waals surface area contributed by atoms with E-state index in [9.17, 15) is 13.2 Å². The van der Waals surface area contributed by atoms with Crippen molar-refractivity contribution < 1.29 is 32.2 Å². The minimum atomic E-state index is -4.20. The Hall–Kier alpha value is -5.69. The van der Waals surface area contributed by atoms with Crippen molar-refractivity contribution in [1.82, 2.24) is 15.0 Å². The van der Waals surface area contributed by atoms with E-state index in [0.717, 1.165) is 5.56 Å². The number of sulfonamides is 1. The fourth-order valence-electron chi connectivity index (χ4n) is 4.57. The minimum absolute atomic E-state index is 0.0158. The second-order valence-electron chi connectivity index (χ2n) is 11.8. The molecule has 2 heterocycles. The number of hydrogen-bond acceptors (Lipinski definition) is 10. The van der Waals surface area contributed by atoms with Gasteiger partial charge in [-0.15, -0.1) is 0 Å². The van der Waals surface area contributed by atoms with E-state index < -0.39 is 10.0 Å². The summed E-state index contributed by atoms with van der Waals surface area (Å²) in [7, 11) is -1.17. The summed E-state index contributed by atoms with van der Waals surface area (Å²) in [6.07, 6.45) is 1.49. The van der Waals surface area contributed by atoms with Crippen molar-refractivity contribution in [2.24, 2.45) is 0 Å². The molecule has 3 aromatic carbocycles. The smallest absolute Gasteiger partial charge is 0.263 e. The van der Waals surface area contributed by atoms with Gasteiger partial charge in [0.1, 0.15) is 11.6 Å². The number of carbonyl (C=O) groups excluding carboxylic acids is 1. The Kier molecular flexibility index (Phi) is 10.6. The number of nitrogens with one attached hydrogen (secondary N) is 2. The lowest BCUT2D eigenvalue weighted by atomic mass is 9.87. The molecule has 0 saturated heterocycles. The molecular formula is C36H37N5O7S. The molecule has 254 valence electrons. The van der Waals surface area contributed by atoms with Crippen LogP contribution >= 0.6 is 0 Å². The van der Waals surface area contributed by atoms with Crippen LogP contribution in [0.25, 0.3) is 11.4 Å². The maximum Gasteiger partial charge on any atom is 0.263 e. The third-order valence-electron chi connectivity index (χ3n) is 7.23. The van der Waals surface area contributed by atoms with Crippen molar-refractivity contribution in [1.29, 1.82) is 0 Å². The Labute approximate surface area is 285 Å². The summed E-state index contributed by atoms with van der Waals surface area (Å²) >= 11 is 0. The molecule has 0 aliphatic rings. The monoisotopic (exact) mass is 683 g/mol. The maximum atomic E-state index is 13.8. The van der Waals surface area contributed by atoms with Crippen LogP contribution in [0.5, 0.6) is 28.9 Å². The molecule has 0 aliphatic heterocycles. The number of nitrogens with zero attached hydrogens (tertiary/aromatic N) is 3. The zero-order valence-corrected chi connectivity index (χ0v) is 28.6. The van der Waals surface area contributed by atoms with Crippen LogP contribution in [0.1, 0.15) is 32.8 Å². The third kappa shape index (κ3) is 8.82. The van der Waals surface area contributed by atoms with E-state index in [0.29, 0.717) is 22.9 Å². The Bertz CT molecular complexity index is 2000. The highest BCUT2D eigenvalue weighted by atomic mass is 32.2. The molecule has 0 bridgehead atoms. The molecule has 0 fully saturated rings. The maximum absolute atomic E-state index is 13.8. The fourth-order valence-corrected chi connectivity index (χ4v) is 5.58. The van der Waals surface area contributed by atoms with Crippen LogP contribution in [-0.4, -0.2) is 50.1 Å². The fraction of sp³-hybridized carbons (Fsp3) is 0.222. The molecule has 2 aromatic heterocycles. The van der Waals surface area contributed by atoms with Gasteiger partial charge in [-0.2, -0.15) is 4.98 Å². The average Bonchev–Trinajstić information content (AvgIpc) is 3.09. The lowest BCUT2D eigenvalue weighted by molar-refractivity contribution is -0.116. The Morgan fingerprint density at radius 3 is 2.14 bits per heavy atom. The normalized spacial score (nSPS) is 11.4. The molecule has 0 radical (unpaired) electrons. The average molecular weight is 684 g/mol. The number of amides is 1. The highest BCUT2D eigenvalue weighted by molar-refractivity contribution is 7.92. The predicted octanol–water partition coefficient (Wildman–Crippen LogP) is 6.85. The van der Waals surface area contributed by atoms with Crippen LogP contribution in [0.3, 0.4) is 0 Å². The van der Waals surface area contributed by atoms with Crippen LogP contribution in [0, 0.1) is 0 Å². The van der Waals surface area contributed by atoms with Gasteiger partial charge in [0.2, 0.25) is 11.7 Å². The molecule has 0 unspecified atom stereocenters. The first-order valence-corrected chi connectivity index (χ1v) is 16.8.